The van der Waals surface area contributed by atoms with Gasteiger partial charge in [0.1, 0.15) is 15.8 Å². The van der Waals surface area contributed by atoms with Crippen LogP contribution in [0.5, 0.6) is 0 Å². The van der Waals surface area contributed by atoms with Crippen LogP contribution in [-0.4, -0.2) is 58.4 Å². The number of carbonyl (C=O) groups is 2. The van der Waals surface area contributed by atoms with Crippen molar-refractivity contribution in [3.8, 4) is 0 Å². The van der Waals surface area contributed by atoms with Gasteiger partial charge in [-0.05, 0) is 42.5 Å². The first kappa shape index (κ1) is 25.2. The van der Waals surface area contributed by atoms with Gasteiger partial charge in [-0.25, -0.2) is 8.42 Å². The number of hydrogen-bond donors (Lipinski definition) is 0. The fourth-order valence-electron chi connectivity index (χ4n) is 4.75. The number of thiocarbonyl (C=S) groups is 1. The summed E-state index contributed by atoms with van der Waals surface area (Å²) in [6.45, 7) is 2.54. The Morgan fingerprint density at radius 2 is 2.00 bits per heavy atom. The third kappa shape index (κ3) is 5.60. The van der Waals surface area contributed by atoms with Crippen LogP contribution in [-0.2, 0) is 26.0 Å². The summed E-state index contributed by atoms with van der Waals surface area (Å²) in [4.78, 5) is 29.9. The fraction of sp³-hybridized carbons (Fsp3) is 0.423. The lowest BCUT2D eigenvalue weighted by molar-refractivity contribution is -0.134. The zero-order valence-electron chi connectivity index (χ0n) is 20.0. The lowest BCUT2D eigenvalue weighted by Crippen LogP contribution is -2.42. The van der Waals surface area contributed by atoms with Crippen molar-refractivity contribution in [2.24, 2.45) is 5.92 Å². The van der Waals surface area contributed by atoms with E-state index in [1.54, 1.807) is 11.0 Å². The van der Waals surface area contributed by atoms with E-state index in [1.165, 1.54) is 16.7 Å². The van der Waals surface area contributed by atoms with E-state index in [4.69, 9.17) is 16.6 Å². The summed E-state index contributed by atoms with van der Waals surface area (Å²) in [5.74, 6) is 2.19. The molecule has 1 aromatic carbocycles. The van der Waals surface area contributed by atoms with Gasteiger partial charge in [0.2, 0.25) is 5.91 Å². The molecular weight excluding hydrogens is 516 g/mol. The molecule has 3 heterocycles. The summed E-state index contributed by atoms with van der Waals surface area (Å²) in [6.07, 6.45) is 3.35. The highest BCUT2D eigenvalue weighted by Gasteiger charge is 2.39. The van der Waals surface area contributed by atoms with Crippen molar-refractivity contribution < 1.29 is 22.4 Å². The van der Waals surface area contributed by atoms with Gasteiger partial charge in [-0.2, -0.15) is 0 Å². The highest BCUT2D eigenvalue weighted by atomic mass is 32.2. The molecule has 3 fully saturated rings. The van der Waals surface area contributed by atoms with Crippen LogP contribution in [0.15, 0.2) is 51.8 Å². The monoisotopic (exact) mass is 544 g/mol. The minimum atomic E-state index is -3.18. The van der Waals surface area contributed by atoms with Gasteiger partial charge in [0.25, 0.3) is 5.91 Å². The fourth-order valence-corrected chi connectivity index (χ4v) is 7.79. The van der Waals surface area contributed by atoms with Crippen molar-refractivity contribution in [2.75, 3.05) is 18.1 Å². The number of nitrogens with zero attached hydrogens (tertiary/aromatic N) is 2. The topological polar surface area (TPSA) is 87.9 Å². The van der Waals surface area contributed by atoms with Crippen LogP contribution in [0.25, 0.3) is 6.08 Å². The molecule has 2 saturated heterocycles. The normalized spacial score (nSPS) is 26.1. The molecule has 1 saturated carbocycles. The molecule has 1 aliphatic carbocycles. The molecule has 2 aliphatic heterocycles. The predicted molar refractivity (Wildman–Crippen MR) is 144 cm³/mol. The third-order valence-corrected chi connectivity index (χ3v) is 10.1. The molecule has 190 valence electrons. The number of carbonyl (C=O) groups excluding carboxylic acids is 2. The standard InChI is InChI=1S/C26H28N2O5S3/c1-17-13-21(17)22-8-7-20(33-22)15-28(19-10-12-36(31,32)16-19)24(29)9-11-27-25(30)23(35-26(27)34)14-18-5-3-2-4-6-18/h2-8,14,17,19,21H,9-13,15-16H2,1H3/b23-14-. The van der Waals surface area contributed by atoms with E-state index < -0.39 is 15.9 Å². The molecule has 36 heavy (non-hydrogen) atoms. The van der Waals surface area contributed by atoms with E-state index in [9.17, 15) is 18.0 Å². The van der Waals surface area contributed by atoms with Gasteiger partial charge in [-0.3, -0.25) is 14.5 Å². The number of sulfone groups is 1. The van der Waals surface area contributed by atoms with Crippen LogP contribution >= 0.6 is 24.0 Å². The minimum Gasteiger partial charge on any atom is -0.464 e. The molecule has 0 bridgehead atoms. The van der Waals surface area contributed by atoms with Crippen LogP contribution < -0.4 is 0 Å². The quantitative estimate of drug-likeness (QED) is 0.363. The predicted octanol–water partition coefficient (Wildman–Crippen LogP) is 4.21. The highest BCUT2D eigenvalue weighted by Crippen LogP contribution is 2.47. The minimum absolute atomic E-state index is 0.0488. The SMILES string of the molecule is CC1CC1c1ccc(CN(C(=O)CCN2C(=O)/C(=C/c3ccccc3)SC2=S)C2CCS(=O)(=O)C2)o1. The van der Waals surface area contributed by atoms with E-state index >= 15 is 0 Å². The van der Waals surface area contributed by atoms with Crippen molar-refractivity contribution in [3.05, 3.63) is 64.5 Å². The number of rotatable bonds is 8. The average molecular weight is 545 g/mol. The van der Waals surface area contributed by atoms with E-state index in [0.717, 1.165) is 17.7 Å². The summed E-state index contributed by atoms with van der Waals surface area (Å²) in [7, 11) is -3.18. The Morgan fingerprint density at radius 3 is 2.67 bits per heavy atom. The van der Waals surface area contributed by atoms with Crippen LogP contribution in [0.3, 0.4) is 0 Å². The van der Waals surface area contributed by atoms with Crippen LogP contribution in [0, 0.1) is 5.92 Å². The lowest BCUT2D eigenvalue weighted by atomic mass is 10.2. The van der Waals surface area contributed by atoms with Crippen molar-refractivity contribution in [3.63, 3.8) is 0 Å². The maximum atomic E-state index is 13.4. The highest BCUT2D eigenvalue weighted by molar-refractivity contribution is 8.26. The number of hydrogen-bond acceptors (Lipinski definition) is 7. The molecule has 3 unspecified atom stereocenters. The molecule has 2 amide bonds. The first-order valence-electron chi connectivity index (χ1n) is 12.1. The Hall–Kier alpha value is -2.43. The molecular formula is C26H28N2O5S3. The van der Waals surface area contributed by atoms with Crippen molar-refractivity contribution in [1.82, 2.24) is 9.80 Å². The number of furan rings is 1. The Kier molecular flexibility index (Phi) is 7.11. The third-order valence-electron chi connectivity index (χ3n) is 6.97. The second-order valence-corrected chi connectivity index (χ2v) is 13.6. The van der Waals surface area contributed by atoms with Gasteiger partial charge < -0.3 is 9.32 Å². The molecule has 10 heteroatoms. The first-order chi connectivity index (χ1) is 17.2. The Balaban J connectivity index is 1.27. The number of amides is 2. The second-order valence-electron chi connectivity index (χ2n) is 9.70. The Bertz CT molecular complexity index is 1320. The van der Waals surface area contributed by atoms with Gasteiger partial charge in [0.15, 0.2) is 9.84 Å². The van der Waals surface area contributed by atoms with Crippen molar-refractivity contribution in [2.45, 2.75) is 44.7 Å². The molecule has 7 nitrogen and oxygen atoms in total. The van der Waals surface area contributed by atoms with Gasteiger partial charge in [-0.1, -0.05) is 61.2 Å². The van der Waals surface area contributed by atoms with E-state index in [-0.39, 0.29) is 42.8 Å². The van der Waals surface area contributed by atoms with E-state index in [1.807, 2.05) is 42.5 Å². The maximum Gasteiger partial charge on any atom is 0.266 e. The van der Waals surface area contributed by atoms with E-state index in [2.05, 4.69) is 6.92 Å². The molecule has 3 aliphatic rings. The van der Waals surface area contributed by atoms with Gasteiger partial charge in [0.05, 0.1) is 23.0 Å². The van der Waals surface area contributed by atoms with Crippen molar-refractivity contribution >= 4 is 56.0 Å². The van der Waals surface area contributed by atoms with E-state index in [0.29, 0.717) is 33.2 Å². The summed E-state index contributed by atoms with van der Waals surface area (Å²) in [6, 6.07) is 13.0. The Labute approximate surface area is 220 Å². The molecule has 2 aromatic rings. The molecule has 0 N–H and O–H groups in total. The Morgan fingerprint density at radius 1 is 1.25 bits per heavy atom. The maximum absolute atomic E-state index is 13.4. The first-order valence-corrected chi connectivity index (χ1v) is 15.1. The van der Waals surface area contributed by atoms with Crippen LogP contribution in [0.2, 0.25) is 0 Å². The average Bonchev–Trinajstić information content (AvgIpc) is 3.14. The second kappa shape index (κ2) is 10.1. The van der Waals surface area contributed by atoms with Crippen LogP contribution in [0.1, 0.15) is 49.2 Å². The van der Waals surface area contributed by atoms with Gasteiger partial charge in [0, 0.05) is 24.9 Å². The number of benzene rings is 1. The summed E-state index contributed by atoms with van der Waals surface area (Å²) >= 11 is 6.65. The van der Waals surface area contributed by atoms with Gasteiger partial charge >= 0.3 is 0 Å². The lowest BCUT2D eigenvalue weighted by Gasteiger charge is -2.28. The number of thioether (sulfide) groups is 1. The zero-order valence-corrected chi connectivity index (χ0v) is 22.4. The summed E-state index contributed by atoms with van der Waals surface area (Å²) < 4.78 is 30.7. The molecule has 0 spiro atoms. The smallest absolute Gasteiger partial charge is 0.266 e. The zero-order chi connectivity index (χ0) is 25.4. The molecule has 0 radical (unpaired) electrons. The summed E-state index contributed by atoms with van der Waals surface area (Å²) in [5, 5.41) is 0. The summed E-state index contributed by atoms with van der Waals surface area (Å²) in [5.41, 5.74) is 0.904. The molecule has 5 rings (SSSR count). The largest absolute Gasteiger partial charge is 0.464 e. The molecule has 1 aromatic heterocycles. The van der Waals surface area contributed by atoms with Crippen LogP contribution in [0.4, 0.5) is 0 Å². The van der Waals surface area contributed by atoms with Gasteiger partial charge in [-0.15, -0.1) is 0 Å². The molecule has 3 atom stereocenters. The van der Waals surface area contributed by atoms with Crippen molar-refractivity contribution in [1.29, 1.82) is 0 Å².